The van der Waals surface area contributed by atoms with E-state index >= 15 is 0 Å². The molecule has 0 aromatic carbocycles. The lowest BCUT2D eigenvalue weighted by Gasteiger charge is -2.32. The van der Waals surface area contributed by atoms with Gasteiger partial charge in [-0.15, -0.1) is 11.3 Å². The second kappa shape index (κ2) is 7.62. The van der Waals surface area contributed by atoms with Gasteiger partial charge in [0.05, 0.1) is 6.04 Å². The van der Waals surface area contributed by atoms with Gasteiger partial charge in [0.1, 0.15) is 10.6 Å². The van der Waals surface area contributed by atoms with Crippen molar-refractivity contribution in [1.82, 2.24) is 15.6 Å². The van der Waals surface area contributed by atoms with E-state index in [0.29, 0.717) is 6.04 Å². The number of alkyl carbamates (subject to hydrolysis) is 1. The van der Waals surface area contributed by atoms with Crippen molar-refractivity contribution in [3.05, 3.63) is 16.1 Å². The maximum atomic E-state index is 11.9. The highest BCUT2D eigenvalue weighted by Gasteiger charge is 2.26. The summed E-state index contributed by atoms with van der Waals surface area (Å²) in [6.07, 6.45) is 3.89. The van der Waals surface area contributed by atoms with Gasteiger partial charge >= 0.3 is 6.09 Å². The molecule has 0 aliphatic heterocycles. The van der Waals surface area contributed by atoms with E-state index in [9.17, 15) is 4.79 Å². The van der Waals surface area contributed by atoms with Gasteiger partial charge in [0.2, 0.25) is 0 Å². The van der Waals surface area contributed by atoms with Crippen LogP contribution in [0.25, 0.3) is 0 Å². The fourth-order valence-corrected chi connectivity index (χ4v) is 3.76. The van der Waals surface area contributed by atoms with Crippen LogP contribution in [0.2, 0.25) is 0 Å². The average Bonchev–Trinajstić information content (AvgIpc) is 2.83. The number of aromatic nitrogens is 1. The summed E-state index contributed by atoms with van der Waals surface area (Å²) in [6, 6.07) is 0.836. The van der Waals surface area contributed by atoms with Gasteiger partial charge in [0.15, 0.2) is 0 Å². The van der Waals surface area contributed by atoms with Gasteiger partial charge in [-0.3, -0.25) is 0 Å². The van der Waals surface area contributed by atoms with Crippen LogP contribution in [-0.4, -0.2) is 28.8 Å². The summed E-state index contributed by atoms with van der Waals surface area (Å²) in [4.78, 5) is 16.5. The number of ether oxygens (including phenoxy) is 1. The molecule has 0 bridgehead atoms. The first kappa shape index (κ1) is 18.2. The van der Waals surface area contributed by atoms with Gasteiger partial charge in [-0.05, 0) is 60.3 Å². The Balaban J connectivity index is 1.82. The Morgan fingerprint density at radius 1 is 1.39 bits per heavy atom. The maximum absolute atomic E-state index is 11.9. The number of thiazole rings is 1. The normalized spacial score (nSPS) is 23.3. The lowest BCUT2D eigenvalue weighted by atomic mass is 9.90. The van der Waals surface area contributed by atoms with E-state index in [4.69, 9.17) is 4.74 Å². The highest BCUT2D eigenvalue weighted by molar-refractivity contribution is 7.09. The molecular weight excluding hydrogens is 310 g/mol. The molecule has 1 aromatic rings. The molecule has 2 rings (SSSR count). The number of hydrogen-bond donors (Lipinski definition) is 2. The Bertz CT molecular complexity index is 524. The number of nitrogens with one attached hydrogen (secondary N) is 2. The van der Waals surface area contributed by atoms with Crippen LogP contribution in [-0.2, 0) is 4.74 Å². The zero-order chi connectivity index (χ0) is 17.0. The van der Waals surface area contributed by atoms with Crippen molar-refractivity contribution in [3.63, 3.8) is 0 Å². The van der Waals surface area contributed by atoms with Crippen molar-refractivity contribution < 1.29 is 9.53 Å². The Hall–Kier alpha value is -1.14. The summed E-state index contributed by atoms with van der Waals surface area (Å²) in [7, 11) is 0. The van der Waals surface area contributed by atoms with E-state index in [2.05, 4.69) is 27.9 Å². The second-order valence-electron chi connectivity index (χ2n) is 7.42. The van der Waals surface area contributed by atoms with Crippen LogP contribution in [0.1, 0.15) is 70.1 Å². The number of aryl methyl sites for hydroxylation is 1. The topological polar surface area (TPSA) is 63.2 Å². The van der Waals surface area contributed by atoms with Gasteiger partial charge in [-0.1, -0.05) is 0 Å². The first-order valence-electron chi connectivity index (χ1n) is 8.40. The van der Waals surface area contributed by atoms with Crippen LogP contribution in [0.4, 0.5) is 4.79 Å². The molecule has 5 nitrogen and oxygen atoms in total. The summed E-state index contributed by atoms with van der Waals surface area (Å²) in [6.45, 7) is 9.83. The van der Waals surface area contributed by atoms with Crippen LogP contribution in [0.5, 0.6) is 0 Å². The third kappa shape index (κ3) is 6.11. The molecule has 1 aliphatic rings. The minimum atomic E-state index is -0.451. The van der Waals surface area contributed by atoms with E-state index < -0.39 is 5.60 Å². The SMILES string of the molecule is Cc1csc(C(C)NC2CCCC(NC(=O)OC(C)(C)C)C2)n1. The summed E-state index contributed by atoms with van der Waals surface area (Å²) in [5, 5.41) is 9.88. The summed E-state index contributed by atoms with van der Waals surface area (Å²) in [5.74, 6) is 0. The van der Waals surface area contributed by atoms with Crippen molar-refractivity contribution in [2.24, 2.45) is 0 Å². The largest absolute Gasteiger partial charge is 0.444 e. The second-order valence-corrected chi connectivity index (χ2v) is 8.31. The van der Waals surface area contributed by atoms with Gasteiger partial charge in [0, 0.05) is 23.2 Å². The molecule has 3 unspecified atom stereocenters. The smallest absolute Gasteiger partial charge is 0.407 e. The number of rotatable bonds is 4. The number of amides is 1. The fraction of sp³-hybridized carbons (Fsp3) is 0.765. The fourth-order valence-electron chi connectivity index (χ4n) is 2.94. The van der Waals surface area contributed by atoms with Crippen LogP contribution < -0.4 is 10.6 Å². The molecule has 1 heterocycles. The highest BCUT2D eigenvalue weighted by Crippen LogP contribution is 2.24. The molecule has 1 aromatic heterocycles. The Morgan fingerprint density at radius 2 is 2.09 bits per heavy atom. The predicted molar refractivity (Wildman–Crippen MR) is 93.8 cm³/mol. The van der Waals surface area contributed by atoms with Gasteiger partial charge < -0.3 is 15.4 Å². The number of carbonyl (C=O) groups excluding carboxylic acids is 1. The molecule has 1 fully saturated rings. The summed E-state index contributed by atoms with van der Waals surface area (Å²) in [5.41, 5.74) is 0.625. The minimum Gasteiger partial charge on any atom is -0.444 e. The molecule has 0 saturated heterocycles. The van der Waals surface area contributed by atoms with E-state index in [1.54, 1.807) is 11.3 Å². The molecule has 3 atom stereocenters. The third-order valence-corrected chi connectivity index (χ3v) is 5.03. The van der Waals surface area contributed by atoms with E-state index in [-0.39, 0.29) is 18.2 Å². The monoisotopic (exact) mass is 339 g/mol. The molecule has 0 radical (unpaired) electrons. The zero-order valence-electron chi connectivity index (χ0n) is 14.8. The quantitative estimate of drug-likeness (QED) is 0.872. The van der Waals surface area contributed by atoms with E-state index in [1.165, 1.54) is 0 Å². The van der Waals surface area contributed by atoms with Crippen molar-refractivity contribution in [3.8, 4) is 0 Å². The molecule has 6 heteroatoms. The van der Waals surface area contributed by atoms with Crippen molar-refractivity contribution in [2.45, 2.75) is 84.0 Å². The molecule has 1 amide bonds. The lowest BCUT2D eigenvalue weighted by molar-refractivity contribution is 0.0488. The molecule has 2 N–H and O–H groups in total. The summed E-state index contributed by atoms with van der Waals surface area (Å²) >= 11 is 1.70. The highest BCUT2D eigenvalue weighted by atomic mass is 32.1. The van der Waals surface area contributed by atoms with Crippen LogP contribution >= 0.6 is 11.3 Å². The predicted octanol–water partition coefficient (Wildman–Crippen LogP) is 3.94. The first-order chi connectivity index (χ1) is 10.7. The van der Waals surface area contributed by atoms with E-state index in [0.717, 1.165) is 36.4 Å². The maximum Gasteiger partial charge on any atom is 0.407 e. The Kier molecular flexibility index (Phi) is 6.03. The average molecular weight is 340 g/mol. The molecule has 1 aliphatic carbocycles. The molecule has 0 spiro atoms. The van der Waals surface area contributed by atoms with Crippen LogP contribution in [0, 0.1) is 6.92 Å². The zero-order valence-corrected chi connectivity index (χ0v) is 15.6. The number of nitrogens with zero attached hydrogens (tertiary/aromatic N) is 1. The lowest BCUT2D eigenvalue weighted by Crippen LogP contribution is -2.46. The van der Waals surface area contributed by atoms with Crippen LogP contribution in [0.15, 0.2) is 5.38 Å². The Labute approximate surface area is 143 Å². The van der Waals surface area contributed by atoms with Crippen molar-refractivity contribution >= 4 is 17.4 Å². The first-order valence-corrected chi connectivity index (χ1v) is 9.28. The van der Waals surface area contributed by atoms with Gasteiger partial charge in [-0.25, -0.2) is 9.78 Å². The molecule has 130 valence electrons. The third-order valence-electron chi connectivity index (χ3n) is 3.89. The molecule has 23 heavy (non-hydrogen) atoms. The molecular formula is C17H29N3O2S. The number of carbonyl (C=O) groups is 1. The Morgan fingerprint density at radius 3 is 2.70 bits per heavy atom. The summed E-state index contributed by atoms with van der Waals surface area (Å²) < 4.78 is 5.35. The molecule has 1 saturated carbocycles. The van der Waals surface area contributed by atoms with E-state index in [1.807, 2.05) is 27.7 Å². The van der Waals surface area contributed by atoms with Gasteiger partial charge in [0.25, 0.3) is 0 Å². The standard InChI is InChI=1S/C17H29N3O2S/c1-11-10-23-15(18-11)12(2)19-13-7-6-8-14(9-13)20-16(21)22-17(3,4)5/h10,12-14,19H,6-9H2,1-5H3,(H,20,21). The number of hydrogen-bond acceptors (Lipinski definition) is 5. The van der Waals surface area contributed by atoms with Crippen molar-refractivity contribution in [1.29, 1.82) is 0 Å². The van der Waals surface area contributed by atoms with Gasteiger partial charge in [-0.2, -0.15) is 0 Å². The van der Waals surface area contributed by atoms with Crippen LogP contribution in [0.3, 0.4) is 0 Å². The van der Waals surface area contributed by atoms with Crippen molar-refractivity contribution in [2.75, 3.05) is 0 Å². The minimum absolute atomic E-state index is 0.182.